The molecule has 0 unspecified atom stereocenters. The van der Waals surface area contributed by atoms with Gasteiger partial charge in [-0.2, -0.15) is 0 Å². The smallest absolute Gasteiger partial charge is 0.246 e. The number of rotatable bonds is 4. The molecule has 1 fully saturated rings. The Hall–Kier alpha value is -1.40. The van der Waals surface area contributed by atoms with E-state index in [9.17, 15) is 4.79 Å². The van der Waals surface area contributed by atoms with Crippen LogP contribution >= 0.6 is 11.6 Å². The maximum Gasteiger partial charge on any atom is 0.246 e. The molecule has 0 aliphatic carbocycles. The van der Waals surface area contributed by atoms with Gasteiger partial charge in [0.1, 0.15) is 6.10 Å². The maximum absolute atomic E-state index is 10.9. The molecular formula is C10H13ClN4O2. The topological polar surface area (TPSA) is 90.1 Å². The van der Waals surface area contributed by atoms with E-state index < -0.39 is 12.0 Å². The number of nitrogens with one attached hydrogen (secondary N) is 1. The lowest BCUT2D eigenvalue weighted by molar-refractivity contribution is -0.128. The molecule has 92 valence electrons. The number of ether oxygens (including phenoxy) is 1. The van der Waals surface area contributed by atoms with Crippen LogP contribution in [-0.4, -0.2) is 34.6 Å². The molecule has 6 nitrogen and oxygen atoms in total. The molecule has 3 N–H and O–H groups in total. The van der Waals surface area contributed by atoms with Crippen molar-refractivity contribution in [2.45, 2.75) is 25.0 Å². The van der Waals surface area contributed by atoms with Crippen molar-refractivity contribution in [1.82, 2.24) is 9.97 Å². The Labute approximate surface area is 104 Å². The van der Waals surface area contributed by atoms with Gasteiger partial charge in [-0.15, -0.1) is 0 Å². The molecule has 2 heterocycles. The highest BCUT2D eigenvalue weighted by Gasteiger charge is 2.28. The summed E-state index contributed by atoms with van der Waals surface area (Å²) in [5.74, 6) is 0.0794. The van der Waals surface area contributed by atoms with Gasteiger partial charge in [-0.05, 0) is 12.8 Å². The van der Waals surface area contributed by atoms with Crippen LogP contribution in [0.1, 0.15) is 12.8 Å². The number of nitrogens with two attached hydrogens (primary N) is 1. The van der Waals surface area contributed by atoms with E-state index in [4.69, 9.17) is 22.1 Å². The van der Waals surface area contributed by atoms with Crippen molar-refractivity contribution >= 4 is 23.5 Å². The summed E-state index contributed by atoms with van der Waals surface area (Å²) in [6, 6.07) is 0. The summed E-state index contributed by atoms with van der Waals surface area (Å²) in [6.45, 7) is 0.547. The molecule has 0 aromatic carbocycles. The average molecular weight is 257 g/mol. The summed E-state index contributed by atoms with van der Waals surface area (Å²) < 4.78 is 5.45. The largest absolute Gasteiger partial charge is 0.367 e. The van der Waals surface area contributed by atoms with Gasteiger partial charge in [-0.25, -0.2) is 9.97 Å². The van der Waals surface area contributed by atoms with Crippen LogP contribution < -0.4 is 11.1 Å². The van der Waals surface area contributed by atoms with E-state index in [1.54, 1.807) is 0 Å². The molecule has 2 atom stereocenters. The van der Waals surface area contributed by atoms with E-state index in [1.807, 2.05) is 0 Å². The molecule has 0 saturated carbocycles. The number of anilines is 1. The lowest BCUT2D eigenvalue weighted by atomic mass is 10.2. The first-order valence-electron chi connectivity index (χ1n) is 5.31. The fourth-order valence-corrected chi connectivity index (χ4v) is 1.77. The molecule has 1 aliphatic heterocycles. The number of carbonyl (C=O) groups excluding carboxylic acids is 1. The Morgan fingerprint density at radius 3 is 2.82 bits per heavy atom. The Morgan fingerprint density at radius 1 is 1.53 bits per heavy atom. The molecule has 7 heteroatoms. The molecular weight excluding hydrogens is 244 g/mol. The SMILES string of the molecule is NC(=O)[C@H]1CC[C@H](CNc2ncc(Cl)cn2)O1. The minimum atomic E-state index is -0.465. The molecule has 1 aromatic rings. The Balaban J connectivity index is 1.80. The number of primary amides is 1. The lowest BCUT2D eigenvalue weighted by Gasteiger charge is -2.12. The highest BCUT2D eigenvalue weighted by atomic mass is 35.5. The predicted molar refractivity (Wildman–Crippen MR) is 62.6 cm³/mol. The summed E-state index contributed by atoms with van der Waals surface area (Å²) >= 11 is 5.66. The second-order valence-electron chi connectivity index (χ2n) is 3.83. The average Bonchev–Trinajstić information content (AvgIpc) is 2.77. The van der Waals surface area contributed by atoms with Crippen molar-refractivity contribution in [2.75, 3.05) is 11.9 Å². The fraction of sp³-hybridized carbons (Fsp3) is 0.500. The van der Waals surface area contributed by atoms with Crippen LogP contribution in [0.4, 0.5) is 5.95 Å². The molecule has 0 bridgehead atoms. The number of hydrogen-bond donors (Lipinski definition) is 2. The van der Waals surface area contributed by atoms with Gasteiger partial charge in [0.05, 0.1) is 23.5 Å². The molecule has 1 aromatic heterocycles. The first-order valence-corrected chi connectivity index (χ1v) is 5.69. The van der Waals surface area contributed by atoms with Crippen molar-refractivity contribution in [3.05, 3.63) is 17.4 Å². The monoisotopic (exact) mass is 256 g/mol. The molecule has 1 aliphatic rings. The van der Waals surface area contributed by atoms with E-state index in [-0.39, 0.29) is 6.10 Å². The van der Waals surface area contributed by atoms with Gasteiger partial charge in [0.15, 0.2) is 0 Å². The molecule has 17 heavy (non-hydrogen) atoms. The van der Waals surface area contributed by atoms with Gasteiger partial charge in [0.2, 0.25) is 11.9 Å². The number of amides is 1. The fourth-order valence-electron chi connectivity index (χ4n) is 1.67. The summed E-state index contributed by atoms with van der Waals surface area (Å²) in [7, 11) is 0. The zero-order chi connectivity index (χ0) is 12.3. The third-order valence-electron chi connectivity index (χ3n) is 2.53. The quantitative estimate of drug-likeness (QED) is 0.822. The number of nitrogens with zero attached hydrogens (tertiary/aromatic N) is 2. The number of carbonyl (C=O) groups is 1. The number of aromatic nitrogens is 2. The summed E-state index contributed by atoms with van der Waals surface area (Å²) in [5, 5.41) is 3.50. The van der Waals surface area contributed by atoms with Gasteiger partial charge in [0, 0.05) is 6.54 Å². The molecule has 0 radical (unpaired) electrons. The van der Waals surface area contributed by atoms with E-state index in [0.29, 0.717) is 23.9 Å². The summed E-state index contributed by atoms with van der Waals surface area (Å²) in [6.07, 6.45) is 3.99. The number of hydrogen-bond acceptors (Lipinski definition) is 5. The van der Waals surface area contributed by atoms with Crippen LogP contribution in [0, 0.1) is 0 Å². The highest BCUT2D eigenvalue weighted by Crippen LogP contribution is 2.19. The lowest BCUT2D eigenvalue weighted by Crippen LogP contribution is -2.30. The van der Waals surface area contributed by atoms with Crippen LogP contribution in [-0.2, 0) is 9.53 Å². The standard InChI is InChI=1S/C10H13ClN4O2/c11-6-3-13-10(14-4-6)15-5-7-1-2-8(17-7)9(12)16/h3-4,7-8H,1-2,5H2,(H2,12,16)(H,13,14,15)/t7-,8-/m1/s1. The van der Waals surface area contributed by atoms with Crippen molar-refractivity contribution in [2.24, 2.45) is 5.73 Å². The Morgan fingerprint density at radius 2 is 2.24 bits per heavy atom. The summed E-state index contributed by atoms with van der Waals surface area (Å²) in [5.41, 5.74) is 5.16. The first-order chi connectivity index (χ1) is 8.15. The van der Waals surface area contributed by atoms with Crippen LogP contribution in [0.2, 0.25) is 5.02 Å². The van der Waals surface area contributed by atoms with Gasteiger partial charge in [-0.3, -0.25) is 4.79 Å². The van der Waals surface area contributed by atoms with Gasteiger partial charge in [-0.1, -0.05) is 11.6 Å². The third-order valence-corrected chi connectivity index (χ3v) is 2.73. The maximum atomic E-state index is 10.9. The van der Waals surface area contributed by atoms with Crippen molar-refractivity contribution in [1.29, 1.82) is 0 Å². The summed E-state index contributed by atoms with van der Waals surface area (Å²) in [4.78, 5) is 18.9. The van der Waals surface area contributed by atoms with Crippen molar-refractivity contribution < 1.29 is 9.53 Å². The minimum Gasteiger partial charge on any atom is -0.367 e. The van der Waals surface area contributed by atoms with Crippen LogP contribution in [0.5, 0.6) is 0 Å². The van der Waals surface area contributed by atoms with Crippen molar-refractivity contribution in [3.63, 3.8) is 0 Å². The molecule has 1 saturated heterocycles. The minimum absolute atomic E-state index is 0.0354. The van der Waals surface area contributed by atoms with Crippen molar-refractivity contribution in [3.8, 4) is 0 Å². The van der Waals surface area contributed by atoms with Gasteiger partial charge in [0.25, 0.3) is 0 Å². The van der Waals surface area contributed by atoms with Crippen LogP contribution in [0.25, 0.3) is 0 Å². The molecule has 0 spiro atoms. The van der Waals surface area contributed by atoms with Crippen LogP contribution in [0.3, 0.4) is 0 Å². The molecule has 2 rings (SSSR count). The second kappa shape index (κ2) is 5.29. The second-order valence-corrected chi connectivity index (χ2v) is 4.27. The Kier molecular flexibility index (Phi) is 3.75. The highest BCUT2D eigenvalue weighted by molar-refractivity contribution is 6.30. The van der Waals surface area contributed by atoms with Gasteiger partial charge < -0.3 is 15.8 Å². The predicted octanol–water partition coefficient (Wildman–Crippen LogP) is 0.575. The number of halogens is 1. The molecule has 1 amide bonds. The zero-order valence-electron chi connectivity index (χ0n) is 9.10. The third kappa shape index (κ3) is 3.28. The van der Waals surface area contributed by atoms with E-state index in [2.05, 4.69) is 15.3 Å². The normalized spacial score (nSPS) is 23.6. The van der Waals surface area contributed by atoms with Crippen LogP contribution in [0.15, 0.2) is 12.4 Å². The van der Waals surface area contributed by atoms with E-state index in [0.717, 1.165) is 6.42 Å². The zero-order valence-corrected chi connectivity index (χ0v) is 9.85. The Bertz CT molecular complexity index is 398. The van der Waals surface area contributed by atoms with E-state index in [1.165, 1.54) is 12.4 Å². The van der Waals surface area contributed by atoms with E-state index >= 15 is 0 Å². The first kappa shape index (κ1) is 12.1. The van der Waals surface area contributed by atoms with Gasteiger partial charge >= 0.3 is 0 Å².